The van der Waals surface area contributed by atoms with Crippen molar-refractivity contribution in [2.45, 2.75) is 24.3 Å². The number of benzene rings is 1. The quantitative estimate of drug-likeness (QED) is 0.837. The predicted molar refractivity (Wildman–Crippen MR) is 82.3 cm³/mol. The molecule has 0 aliphatic heterocycles. The van der Waals surface area contributed by atoms with E-state index < -0.39 is 9.84 Å². The summed E-state index contributed by atoms with van der Waals surface area (Å²) in [6.45, 7) is 1.78. The van der Waals surface area contributed by atoms with Gasteiger partial charge in [-0.15, -0.1) is 0 Å². The number of nitrogens with zero attached hydrogens (tertiary/aromatic N) is 1. The maximum Gasteiger partial charge on any atom is 0.175 e. The zero-order valence-electron chi connectivity index (χ0n) is 12.0. The molecule has 0 fully saturated rings. The standard InChI is InChI=1S/C16H21NO2S/c1-17(12-14-6-4-3-5-7-14)13-15-8-10-16(11-9-15)20(2,18)19/h3-4,6,8-11H,5,7,12-13H2,1-2H3. The molecule has 0 unspecified atom stereocenters. The fraction of sp³-hybridized carbons (Fsp3) is 0.375. The van der Waals surface area contributed by atoms with Gasteiger partial charge >= 0.3 is 0 Å². The Kier molecular flexibility index (Phi) is 4.78. The number of rotatable bonds is 5. The molecule has 20 heavy (non-hydrogen) atoms. The van der Waals surface area contributed by atoms with Crippen LogP contribution in [-0.2, 0) is 16.4 Å². The van der Waals surface area contributed by atoms with Gasteiger partial charge in [-0.1, -0.05) is 35.9 Å². The fourth-order valence-corrected chi connectivity index (χ4v) is 2.97. The molecule has 0 amide bonds. The highest BCUT2D eigenvalue weighted by Crippen LogP contribution is 2.15. The lowest BCUT2D eigenvalue weighted by Crippen LogP contribution is -2.21. The van der Waals surface area contributed by atoms with E-state index in [2.05, 4.69) is 30.2 Å². The van der Waals surface area contributed by atoms with Gasteiger partial charge in [-0.2, -0.15) is 0 Å². The summed E-state index contributed by atoms with van der Waals surface area (Å²) in [7, 11) is -1.01. The molecular weight excluding hydrogens is 270 g/mol. The van der Waals surface area contributed by atoms with E-state index in [0.29, 0.717) is 4.90 Å². The number of hydrogen-bond donors (Lipinski definition) is 0. The summed E-state index contributed by atoms with van der Waals surface area (Å²) in [5.74, 6) is 0. The van der Waals surface area contributed by atoms with Crippen LogP contribution in [0, 0.1) is 0 Å². The van der Waals surface area contributed by atoms with E-state index >= 15 is 0 Å². The Morgan fingerprint density at radius 1 is 1.15 bits per heavy atom. The Labute approximate surface area is 121 Å². The highest BCUT2D eigenvalue weighted by atomic mass is 32.2. The summed E-state index contributed by atoms with van der Waals surface area (Å²) in [5, 5.41) is 0. The van der Waals surface area contributed by atoms with E-state index in [9.17, 15) is 8.42 Å². The molecule has 0 atom stereocenters. The van der Waals surface area contributed by atoms with Crippen LogP contribution in [0.4, 0.5) is 0 Å². The van der Waals surface area contributed by atoms with Crippen LogP contribution in [0.5, 0.6) is 0 Å². The van der Waals surface area contributed by atoms with Crippen molar-refractivity contribution in [1.82, 2.24) is 4.90 Å². The lowest BCUT2D eigenvalue weighted by Gasteiger charge is -2.19. The van der Waals surface area contributed by atoms with Gasteiger partial charge < -0.3 is 0 Å². The second-order valence-electron chi connectivity index (χ2n) is 5.38. The second-order valence-corrected chi connectivity index (χ2v) is 7.40. The fourth-order valence-electron chi connectivity index (χ4n) is 2.34. The van der Waals surface area contributed by atoms with Gasteiger partial charge in [-0.3, -0.25) is 4.90 Å². The molecule has 0 saturated carbocycles. The number of likely N-dealkylation sites (N-methyl/N-ethyl adjacent to an activating group) is 1. The minimum absolute atomic E-state index is 0.379. The van der Waals surface area contributed by atoms with Crippen LogP contribution < -0.4 is 0 Å². The van der Waals surface area contributed by atoms with Crippen LogP contribution >= 0.6 is 0 Å². The Morgan fingerprint density at radius 3 is 2.40 bits per heavy atom. The lowest BCUT2D eigenvalue weighted by atomic mass is 10.0. The monoisotopic (exact) mass is 291 g/mol. The minimum Gasteiger partial charge on any atom is -0.298 e. The lowest BCUT2D eigenvalue weighted by molar-refractivity contribution is 0.351. The van der Waals surface area contributed by atoms with E-state index in [4.69, 9.17) is 0 Å². The van der Waals surface area contributed by atoms with E-state index in [0.717, 1.165) is 31.5 Å². The van der Waals surface area contributed by atoms with Crippen LogP contribution in [0.25, 0.3) is 0 Å². The minimum atomic E-state index is -3.10. The van der Waals surface area contributed by atoms with Gasteiger partial charge in [0.15, 0.2) is 9.84 Å². The molecule has 108 valence electrons. The summed E-state index contributed by atoms with van der Waals surface area (Å²) in [6, 6.07) is 7.15. The topological polar surface area (TPSA) is 37.4 Å². The van der Waals surface area contributed by atoms with Gasteiger partial charge in [0, 0.05) is 19.3 Å². The highest BCUT2D eigenvalue weighted by molar-refractivity contribution is 7.90. The third-order valence-electron chi connectivity index (χ3n) is 3.38. The Balaban J connectivity index is 1.96. The number of allylic oxidation sites excluding steroid dienone is 3. The molecule has 3 nitrogen and oxygen atoms in total. The first-order valence-corrected chi connectivity index (χ1v) is 8.66. The van der Waals surface area contributed by atoms with Crippen molar-refractivity contribution in [3.8, 4) is 0 Å². The van der Waals surface area contributed by atoms with Gasteiger partial charge in [0.25, 0.3) is 0 Å². The Bertz CT molecular complexity index is 612. The maximum absolute atomic E-state index is 11.4. The van der Waals surface area contributed by atoms with Gasteiger partial charge in [0.2, 0.25) is 0 Å². The van der Waals surface area contributed by atoms with Crippen molar-refractivity contribution >= 4 is 9.84 Å². The van der Waals surface area contributed by atoms with E-state index in [1.807, 2.05) is 12.1 Å². The summed E-state index contributed by atoms with van der Waals surface area (Å²) in [6.07, 6.45) is 9.99. The van der Waals surface area contributed by atoms with Crippen LogP contribution in [0.2, 0.25) is 0 Å². The molecule has 0 spiro atoms. The molecule has 0 aromatic heterocycles. The van der Waals surface area contributed by atoms with E-state index in [-0.39, 0.29) is 0 Å². The Morgan fingerprint density at radius 2 is 1.85 bits per heavy atom. The first-order chi connectivity index (χ1) is 9.45. The molecule has 1 aromatic carbocycles. The number of hydrogen-bond acceptors (Lipinski definition) is 3. The predicted octanol–water partition coefficient (Wildman–Crippen LogP) is 2.80. The molecule has 1 aliphatic rings. The van der Waals surface area contributed by atoms with Crippen molar-refractivity contribution in [3.63, 3.8) is 0 Å². The van der Waals surface area contributed by atoms with Crippen molar-refractivity contribution in [3.05, 3.63) is 53.6 Å². The van der Waals surface area contributed by atoms with Crippen LogP contribution in [-0.4, -0.2) is 33.2 Å². The zero-order valence-corrected chi connectivity index (χ0v) is 12.9. The van der Waals surface area contributed by atoms with Gasteiger partial charge in [0.05, 0.1) is 4.90 Å². The Hall–Kier alpha value is -1.39. The highest BCUT2D eigenvalue weighted by Gasteiger charge is 2.08. The van der Waals surface area contributed by atoms with Crippen molar-refractivity contribution in [1.29, 1.82) is 0 Å². The average Bonchev–Trinajstić information content (AvgIpc) is 2.39. The van der Waals surface area contributed by atoms with Crippen molar-refractivity contribution < 1.29 is 8.42 Å². The molecule has 0 radical (unpaired) electrons. The third kappa shape index (κ3) is 4.32. The van der Waals surface area contributed by atoms with E-state index in [1.54, 1.807) is 12.1 Å². The molecule has 4 heteroatoms. The summed E-state index contributed by atoms with van der Waals surface area (Å²) < 4.78 is 22.8. The first-order valence-electron chi connectivity index (χ1n) is 6.77. The molecule has 0 N–H and O–H groups in total. The molecule has 1 aliphatic carbocycles. The molecular formula is C16H21NO2S. The van der Waals surface area contributed by atoms with Crippen molar-refractivity contribution in [2.24, 2.45) is 0 Å². The summed E-state index contributed by atoms with van der Waals surface area (Å²) in [5.41, 5.74) is 2.58. The van der Waals surface area contributed by atoms with Crippen LogP contribution in [0.15, 0.2) is 53.0 Å². The van der Waals surface area contributed by atoms with Gasteiger partial charge in [-0.05, 0) is 37.6 Å². The summed E-state index contributed by atoms with van der Waals surface area (Å²) in [4.78, 5) is 2.63. The molecule has 1 aromatic rings. The third-order valence-corrected chi connectivity index (χ3v) is 4.51. The number of sulfone groups is 1. The van der Waals surface area contributed by atoms with Gasteiger partial charge in [0.1, 0.15) is 0 Å². The molecule has 0 heterocycles. The SMILES string of the molecule is CN(CC1=CC=CCC1)Cc1ccc(S(C)(=O)=O)cc1. The van der Waals surface area contributed by atoms with Gasteiger partial charge in [-0.25, -0.2) is 8.42 Å². The smallest absolute Gasteiger partial charge is 0.175 e. The average molecular weight is 291 g/mol. The zero-order chi connectivity index (χ0) is 14.6. The molecule has 0 saturated heterocycles. The molecule has 2 rings (SSSR count). The second kappa shape index (κ2) is 6.37. The molecule has 0 bridgehead atoms. The maximum atomic E-state index is 11.4. The van der Waals surface area contributed by atoms with Crippen LogP contribution in [0.1, 0.15) is 18.4 Å². The first kappa shape index (κ1) is 15.0. The van der Waals surface area contributed by atoms with Crippen LogP contribution in [0.3, 0.4) is 0 Å². The normalized spacial score (nSPS) is 15.4. The summed E-state index contributed by atoms with van der Waals surface area (Å²) >= 11 is 0. The van der Waals surface area contributed by atoms with Crippen molar-refractivity contribution in [2.75, 3.05) is 19.8 Å². The van der Waals surface area contributed by atoms with E-state index in [1.165, 1.54) is 11.8 Å². The largest absolute Gasteiger partial charge is 0.298 e.